The molecule has 0 fully saturated rings. The van der Waals surface area contributed by atoms with Crippen molar-refractivity contribution in [2.45, 2.75) is 12.8 Å². The Hall–Kier alpha value is -1.77. The number of hydrogen-bond acceptors (Lipinski definition) is 1. The van der Waals surface area contributed by atoms with Gasteiger partial charge in [-0.2, -0.15) is 5.10 Å². The van der Waals surface area contributed by atoms with Gasteiger partial charge in [-0.3, -0.25) is 0 Å². The molecule has 0 saturated heterocycles. The summed E-state index contributed by atoms with van der Waals surface area (Å²) >= 11 is 12.5. The van der Waals surface area contributed by atoms with Gasteiger partial charge in [0.1, 0.15) is 5.15 Å². The zero-order valence-electron chi connectivity index (χ0n) is 11.6. The van der Waals surface area contributed by atoms with Crippen LogP contribution in [0.1, 0.15) is 11.1 Å². The van der Waals surface area contributed by atoms with Gasteiger partial charge < -0.3 is 0 Å². The molecule has 21 heavy (non-hydrogen) atoms. The van der Waals surface area contributed by atoms with Crippen molar-refractivity contribution >= 4 is 23.2 Å². The van der Waals surface area contributed by atoms with Gasteiger partial charge in [0.2, 0.25) is 0 Å². The Balaban J connectivity index is 2.16. The van der Waals surface area contributed by atoms with Gasteiger partial charge in [-0.1, -0.05) is 59.6 Å². The average molecular weight is 317 g/mol. The molecular weight excluding hydrogens is 303 g/mol. The summed E-state index contributed by atoms with van der Waals surface area (Å²) < 4.78 is 1.73. The molecule has 0 atom stereocenters. The number of para-hydroxylation sites is 1. The summed E-state index contributed by atoms with van der Waals surface area (Å²) in [5.41, 5.74) is 4.84. The molecule has 0 aliphatic heterocycles. The smallest absolute Gasteiger partial charge is 0.137 e. The maximum Gasteiger partial charge on any atom is 0.137 e. The molecule has 0 bridgehead atoms. The topological polar surface area (TPSA) is 17.8 Å². The molecule has 0 saturated carbocycles. The molecular formula is C17H14Cl2N2. The van der Waals surface area contributed by atoms with Crippen molar-refractivity contribution in [1.29, 1.82) is 0 Å². The number of aromatic nitrogens is 2. The van der Waals surface area contributed by atoms with Gasteiger partial charge in [0.25, 0.3) is 0 Å². The SMILES string of the molecule is Cc1ccc(-c2nn(-c3ccccc3)c(Cl)c2CCl)cc1. The summed E-state index contributed by atoms with van der Waals surface area (Å²) in [7, 11) is 0. The highest BCUT2D eigenvalue weighted by molar-refractivity contribution is 6.32. The van der Waals surface area contributed by atoms with Crippen LogP contribution in [0, 0.1) is 6.92 Å². The van der Waals surface area contributed by atoms with E-state index >= 15 is 0 Å². The first kappa shape index (κ1) is 14.2. The highest BCUT2D eigenvalue weighted by Gasteiger charge is 2.17. The van der Waals surface area contributed by atoms with Crippen LogP contribution in [0.15, 0.2) is 54.6 Å². The monoisotopic (exact) mass is 316 g/mol. The van der Waals surface area contributed by atoms with Gasteiger partial charge in [0, 0.05) is 11.1 Å². The summed E-state index contributed by atoms with van der Waals surface area (Å²) in [4.78, 5) is 0. The lowest BCUT2D eigenvalue weighted by Gasteiger charge is -2.02. The summed E-state index contributed by atoms with van der Waals surface area (Å²) in [6.45, 7) is 2.06. The van der Waals surface area contributed by atoms with E-state index in [9.17, 15) is 0 Å². The molecule has 1 heterocycles. The molecule has 0 aliphatic rings. The van der Waals surface area contributed by atoms with Crippen molar-refractivity contribution in [2.24, 2.45) is 0 Å². The Morgan fingerprint density at radius 3 is 2.29 bits per heavy atom. The fraction of sp³-hybridized carbons (Fsp3) is 0.118. The molecule has 0 unspecified atom stereocenters. The van der Waals surface area contributed by atoms with Gasteiger partial charge in [0.15, 0.2) is 0 Å². The number of halogens is 2. The fourth-order valence-electron chi connectivity index (χ4n) is 2.23. The highest BCUT2D eigenvalue weighted by atomic mass is 35.5. The summed E-state index contributed by atoms with van der Waals surface area (Å²) in [6, 6.07) is 18.0. The predicted octanol–water partition coefficient (Wildman–Crippen LogP) is 5.24. The van der Waals surface area contributed by atoms with Gasteiger partial charge in [-0.25, -0.2) is 4.68 Å². The second-order valence-corrected chi connectivity index (χ2v) is 5.49. The Kier molecular flexibility index (Phi) is 4.00. The Bertz CT molecular complexity index is 746. The van der Waals surface area contributed by atoms with E-state index in [2.05, 4.69) is 24.2 Å². The fourth-order valence-corrected chi connectivity index (χ4v) is 2.85. The number of rotatable bonds is 3. The number of nitrogens with zero attached hydrogens (tertiary/aromatic N) is 2. The van der Waals surface area contributed by atoms with Crippen molar-refractivity contribution in [2.75, 3.05) is 0 Å². The van der Waals surface area contributed by atoms with Crippen molar-refractivity contribution in [3.63, 3.8) is 0 Å². The molecule has 3 rings (SSSR count). The third-order valence-corrected chi connectivity index (χ3v) is 4.04. The first-order valence-corrected chi connectivity index (χ1v) is 7.58. The largest absolute Gasteiger partial charge is 0.221 e. The Morgan fingerprint density at radius 2 is 1.67 bits per heavy atom. The van der Waals surface area contributed by atoms with Crippen molar-refractivity contribution in [1.82, 2.24) is 9.78 Å². The molecule has 0 amide bonds. The van der Waals surface area contributed by atoms with E-state index in [1.54, 1.807) is 4.68 Å². The second-order valence-electron chi connectivity index (χ2n) is 4.86. The van der Waals surface area contributed by atoms with E-state index in [1.807, 2.05) is 42.5 Å². The molecule has 0 spiro atoms. The maximum absolute atomic E-state index is 6.46. The summed E-state index contributed by atoms with van der Waals surface area (Å²) in [5, 5.41) is 5.21. The summed E-state index contributed by atoms with van der Waals surface area (Å²) in [5.74, 6) is 0.328. The normalized spacial score (nSPS) is 10.8. The Morgan fingerprint density at radius 1 is 1.00 bits per heavy atom. The van der Waals surface area contributed by atoms with Crippen molar-refractivity contribution < 1.29 is 0 Å². The van der Waals surface area contributed by atoms with Crippen LogP contribution in [0.3, 0.4) is 0 Å². The van der Waals surface area contributed by atoms with Crippen LogP contribution in [0.5, 0.6) is 0 Å². The van der Waals surface area contributed by atoms with E-state index in [-0.39, 0.29) is 0 Å². The lowest BCUT2D eigenvalue weighted by Crippen LogP contribution is -1.96. The molecule has 106 valence electrons. The van der Waals surface area contributed by atoms with Crippen molar-refractivity contribution in [3.8, 4) is 16.9 Å². The van der Waals surface area contributed by atoms with Crippen LogP contribution < -0.4 is 0 Å². The predicted molar refractivity (Wildman–Crippen MR) is 88.3 cm³/mol. The van der Waals surface area contributed by atoms with Crippen LogP contribution >= 0.6 is 23.2 Å². The molecule has 0 aliphatic carbocycles. The zero-order valence-corrected chi connectivity index (χ0v) is 13.1. The minimum Gasteiger partial charge on any atom is -0.221 e. The third-order valence-electron chi connectivity index (χ3n) is 3.38. The average Bonchev–Trinajstić information content (AvgIpc) is 2.85. The number of aryl methyl sites for hydroxylation is 1. The standard InChI is InChI=1S/C17H14Cl2N2/c1-12-7-9-13(10-8-12)16-15(11-18)17(19)21(20-16)14-5-3-2-4-6-14/h2-10H,11H2,1H3. The van der Waals surface area contributed by atoms with E-state index in [1.165, 1.54) is 5.56 Å². The van der Waals surface area contributed by atoms with Crippen LogP contribution in [-0.2, 0) is 5.88 Å². The molecule has 3 aromatic rings. The molecule has 0 radical (unpaired) electrons. The number of benzene rings is 2. The van der Waals surface area contributed by atoms with Crippen LogP contribution in [-0.4, -0.2) is 9.78 Å². The van der Waals surface area contributed by atoms with E-state index in [0.29, 0.717) is 11.0 Å². The molecule has 2 aromatic carbocycles. The maximum atomic E-state index is 6.46. The number of hydrogen-bond donors (Lipinski definition) is 0. The highest BCUT2D eigenvalue weighted by Crippen LogP contribution is 2.32. The molecule has 1 aromatic heterocycles. The van der Waals surface area contributed by atoms with Gasteiger partial charge in [0.05, 0.1) is 17.3 Å². The lowest BCUT2D eigenvalue weighted by atomic mass is 10.1. The third kappa shape index (κ3) is 2.69. The van der Waals surface area contributed by atoms with Crippen LogP contribution in [0.25, 0.3) is 16.9 Å². The van der Waals surface area contributed by atoms with E-state index in [4.69, 9.17) is 23.2 Å². The minimum absolute atomic E-state index is 0.328. The second kappa shape index (κ2) is 5.92. The molecule has 0 N–H and O–H groups in total. The number of alkyl halides is 1. The van der Waals surface area contributed by atoms with E-state index in [0.717, 1.165) is 22.5 Å². The zero-order chi connectivity index (χ0) is 14.8. The van der Waals surface area contributed by atoms with Gasteiger partial charge >= 0.3 is 0 Å². The molecule has 4 heteroatoms. The van der Waals surface area contributed by atoms with E-state index < -0.39 is 0 Å². The molecule has 2 nitrogen and oxygen atoms in total. The summed E-state index contributed by atoms with van der Waals surface area (Å²) in [6.07, 6.45) is 0. The minimum atomic E-state index is 0.328. The van der Waals surface area contributed by atoms with Crippen molar-refractivity contribution in [3.05, 3.63) is 70.9 Å². The Labute approximate surface area is 133 Å². The first-order valence-electron chi connectivity index (χ1n) is 6.66. The van der Waals surface area contributed by atoms with Crippen LogP contribution in [0.4, 0.5) is 0 Å². The first-order chi connectivity index (χ1) is 10.2. The van der Waals surface area contributed by atoms with Crippen LogP contribution in [0.2, 0.25) is 5.15 Å². The lowest BCUT2D eigenvalue weighted by molar-refractivity contribution is 0.884. The van der Waals surface area contributed by atoms with Gasteiger partial charge in [-0.05, 0) is 19.1 Å². The van der Waals surface area contributed by atoms with Gasteiger partial charge in [-0.15, -0.1) is 11.6 Å². The quantitative estimate of drug-likeness (QED) is 0.604.